The second-order valence-electron chi connectivity index (χ2n) is 7.58. The summed E-state index contributed by atoms with van der Waals surface area (Å²) < 4.78 is 23.5. The third-order valence-corrected chi connectivity index (χ3v) is 7.97. The summed E-state index contributed by atoms with van der Waals surface area (Å²) in [6.45, 7) is 0. The number of thiazole rings is 1. The van der Waals surface area contributed by atoms with Crippen LogP contribution in [-0.2, 0) is 19.4 Å². The summed E-state index contributed by atoms with van der Waals surface area (Å²) in [5.41, 5.74) is 2.90. The van der Waals surface area contributed by atoms with Crippen LogP contribution in [0.5, 0.6) is 0 Å². The Kier molecular flexibility index (Phi) is 4.86. The van der Waals surface area contributed by atoms with E-state index in [1.165, 1.54) is 16.3 Å². The van der Waals surface area contributed by atoms with Crippen molar-refractivity contribution in [3.8, 4) is 11.3 Å². The van der Waals surface area contributed by atoms with Crippen LogP contribution in [0.2, 0.25) is 0 Å². The van der Waals surface area contributed by atoms with Crippen LogP contribution in [0.4, 0.5) is 5.13 Å². The zero-order chi connectivity index (χ0) is 21.6. The average Bonchev–Trinajstić information content (AvgIpc) is 3.46. The van der Waals surface area contributed by atoms with E-state index >= 15 is 0 Å². The minimum atomic E-state index is -3.16. The Hall–Kier alpha value is -3.05. The largest absolute Gasteiger partial charge is 0.360 e. The zero-order valence-corrected chi connectivity index (χ0v) is 18.0. The fourth-order valence-corrected chi connectivity index (χ4v) is 6.29. The summed E-state index contributed by atoms with van der Waals surface area (Å²) in [5.74, 6) is -0.765. The molecule has 0 radical (unpaired) electrons. The first-order chi connectivity index (χ1) is 14.9. The maximum atomic E-state index is 12.7. The monoisotopic (exact) mass is 457 g/mol. The fourth-order valence-electron chi connectivity index (χ4n) is 3.90. The lowest BCUT2D eigenvalue weighted by Gasteiger charge is -2.27. The Labute approximate surface area is 182 Å². The fraction of sp³-hybridized carbons (Fsp3) is 0.300. The number of hydrogen-bond donors (Lipinski definition) is 2. The van der Waals surface area contributed by atoms with Crippen LogP contribution in [0, 0.1) is 0 Å². The number of carbonyl (C=O) groups excluding carboxylic acids is 2. The van der Waals surface area contributed by atoms with Crippen molar-refractivity contribution in [2.45, 2.75) is 25.3 Å². The van der Waals surface area contributed by atoms with Crippen molar-refractivity contribution in [3.05, 3.63) is 35.8 Å². The molecule has 160 valence electrons. The number of aromatic nitrogens is 2. The van der Waals surface area contributed by atoms with Crippen LogP contribution < -0.4 is 5.32 Å². The Morgan fingerprint density at radius 1 is 1.26 bits per heavy atom. The molecule has 3 aromatic rings. The van der Waals surface area contributed by atoms with Gasteiger partial charge in [-0.05, 0) is 12.5 Å². The number of carbonyl (C=O) groups is 2. The highest BCUT2D eigenvalue weighted by molar-refractivity contribution is 7.91. The molecule has 0 aliphatic carbocycles. The first-order valence-corrected chi connectivity index (χ1v) is 12.5. The number of sulfone groups is 1. The molecule has 4 heterocycles. The third kappa shape index (κ3) is 3.86. The van der Waals surface area contributed by atoms with E-state index < -0.39 is 21.8 Å². The maximum absolute atomic E-state index is 12.7. The number of fused-ring (bicyclic) bond motifs is 1. The highest BCUT2D eigenvalue weighted by atomic mass is 32.2. The van der Waals surface area contributed by atoms with Gasteiger partial charge in [-0.25, -0.2) is 18.4 Å². The first kappa shape index (κ1) is 19.9. The Bertz CT molecular complexity index is 1320. The number of nitrogens with one attached hydrogen (secondary N) is 2. The summed E-state index contributed by atoms with van der Waals surface area (Å²) in [6, 6.07) is 7.39. The quantitative estimate of drug-likeness (QED) is 0.622. The zero-order valence-electron chi connectivity index (χ0n) is 16.4. The molecule has 0 unspecified atom stereocenters. The van der Waals surface area contributed by atoms with E-state index in [9.17, 15) is 18.0 Å². The number of nitrogens with zero attached hydrogens (tertiary/aromatic N) is 3. The van der Waals surface area contributed by atoms with Gasteiger partial charge in [0.05, 0.1) is 23.2 Å². The summed E-state index contributed by atoms with van der Waals surface area (Å²) in [5, 5.41) is 11.5. The number of rotatable bonds is 4. The van der Waals surface area contributed by atoms with Gasteiger partial charge in [-0.3, -0.25) is 14.9 Å². The summed E-state index contributed by atoms with van der Waals surface area (Å²) >= 11 is 1.30. The van der Waals surface area contributed by atoms with Gasteiger partial charge in [0.1, 0.15) is 5.71 Å². The molecule has 2 aliphatic rings. The molecule has 2 amide bonds. The Morgan fingerprint density at radius 2 is 2.10 bits per heavy atom. The van der Waals surface area contributed by atoms with E-state index in [1.807, 2.05) is 35.8 Å². The van der Waals surface area contributed by atoms with Crippen LogP contribution in [0.15, 0.2) is 40.9 Å². The van der Waals surface area contributed by atoms with Crippen LogP contribution >= 0.6 is 11.3 Å². The lowest BCUT2D eigenvalue weighted by atomic mass is 10.1. The molecule has 0 spiro atoms. The van der Waals surface area contributed by atoms with Crippen molar-refractivity contribution in [1.82, 2.24) is 15.0 Å². The first-order valence-electron chi connectivity index (χ1n) is 9.83. The standard InChI is InChI=1S/C20H19N5O4S2/c26-18-6-5-16(24-25(18)12-7-8-31(28,29)11-12)19(27)23-20-22-17(10-30-20)14-9-21-15-4-2-1-3-13(14)15/h1-4,9-10,12,21H,5-8,11H2,(H,22,23,27)/t12-/m0/s1. The van der Waals surface area contributed by atoms with Crippen LogP contribution in [0.25, 0.3) is 22.2 Å². The van der Waals surface area contributed by atoms with Gasteiger partial charge in [0.15, 0.2) is 15.0 Å². The summed E-state index contributed by atoms with van der Waals surface area (Å²) in [7, 11) is -3.16. The topological polar surface area (TPSA) is 125 Å². The lowest BCUT2D eigenvalue weighted by molar-refractivity contribution is -0.133. The second-order valence-corrected chi connectivity index (χ2v) is 10.7. The minimum absolute atomic E-state index is 0.0359. The van der Waals surface area contributed by atoms with E-state index in [-0.39, 0.29) is 36.0 Å². The van der Waals surface area contributed by atoms with Crippen molar-refractivity contribution < 1.29 is 18.0 Å². The Balaban J connectivity index is 1.33. The molecule has 2 aliphatic heterocycles. The van der Waals surface area contributed by atoms with Crippen molar-refractivity contribution in [2.24, 2.45) is 5.10 Å². The molecular weight excluding hydrogens is 438 g/mol. The van der Waals surface area contributed by atoms with Crippen molar-refractivity contribution in [3.63, 3.8) is 0 Å². The molecule has 0 saturated carbocycles. The SMILES string of the molecule is O=C(Nc1nc(-c2c[nH]c3ccccc23)cs1)C1=NN([C@H]2CCS(=O)(=O)C2)C(=O)CC1. The molecule has 2 N–H and O–H groups in total. The van der Waals surface area contributed by atoms with Crippen molar-refractivity contribution in [1.29, 1.82) is 0 Å². The number of benzene rings is 1. The number of amides is 2. The summed E-state index contributed by atoms with van der Waals surface area (Å²) in [6.07, 6.45) is 2.56. The third-order valence-electron chi connectivity index (χ3n) is 5.47. The van der Waals surface area contributed by atoms with Gasteiger partial charge < -0.3 is 4.98 Å². The highest BCUT2D eigenvalue weighted by Crippen LogP contribution is 2.31. The van der Waals surface area contributed by atoms with E-state index in [0.717, 1.165) is 22.2 Å². The lowest BCUT2D eigenvalue weighted by Crippen LogP contribution is -2.42. The minimum Gasteiger partial charge on any atom is -0.360 e. The number of hydrogen-bond acceptors (Lipinski definition) is 7. The molecular formula is C20H19N5O4S2. The smallest absolute Gasteiger partial charge is 0.273 e. The Morgan fingerprint density at radius 3 is 2.90 bits per heavy atom. The van der Waals surface area contributed by atoms with Crippen LogP contribution in [0.3, 0.4) is 0 Å². The van der Waals surface area contributed by atoms with Gasteiger partial charge in [-0.2, -0.15) is 5.10 Å². The van der Waals surface area contributed by atoms with Gasteiger partial charge in [0.2, 0.25) is 5.91 Å². The molecule has 0 bridgehead atoms. The van der Waals surface area contributed by atoms with Crippen molar-refractivity contribution >= 4 is 54.7 Å². The predicted molar refractivity (Wildman–Crippen MR) is 119 cm³/mol. The maximum Gasteiger partial charge on any atom is 0.273 e. The van der Waals surface area contributed by atoms with Crippen molar-refractivity contribution in [2.75, 3.05) is 16.8 Å². The van der Waals surface area contributed by atoms with Crippen LogP contribution in [0.1, 0.15) is 19.3 Å². The van der Waals surface area contributed by atoms with Gasteiger partial charge in [-0.15, -0.1) is 11.3 Å². The predicted octanol–water partition coefficient (Wildman–Crippen LogP) is 2.40. The van der Waals surface area contributed by atoms with Gasteiger partial charge >= 0.3 is 0 Å². The summed E-state index contributed by atoms with van der Waals surface area (Å²) in [4.78, 5) is 32.7. The average molecular weight is 458 g/mol. The normalized spacial score (nSPS) is 20.8. The molecule has 1 fully saturated rings. The van der Waals surface area contributed by atoms with E-state index in [2.05, 4.69) is 20.4 Å². The van der Waals surface area contributed by atoms with E-state index in [4.69, 9.17) is 0 Å². The number of para-hydroxylation sites is 1. The van der Waals surface area contributed by atoms with Crippen LogP contribution in [-0.4, -0.2) is 58.5 Å². The molecule has 1 atom stereocenters. The molecule has 5 rings (SSSR count). The number of hydrazone groups is 1. The molecule has 11 heteroatoms. The molecule has 9 nitrogen and oxygen atoms in total. The van der Waals surface area contributed by atoms with E-state index in [1.54, 1.807) is 0 Å². The van der Waals surface area contributed by atoms with Gasteiger partial charge in [0.25, 0.3) is 5.91 Å². The van der Waals surface area contributed by atoms with Gasteiger partial charge in [-0.1, -0.05) is 18.2 Å². The van der Waals surface area contributed by atoms with Gasteiger partial charge in [0, 0.05) is 40.9 Å². The second kappa shape index (κ2) is 7.57. The van der Waals surface area contributed by atoms with E-state index in [0.29, 0.717) is 11.6 Å². The number of aromatic amines is 1. The number of anilines is 1. The molecule has 1 aromatic carbocycles. The molecule has 31 heavy (non-hydrogen) atoms. The molecule has 1 saturated heterocycles. The number of H-pyrrole nitrogens is 1. The molecule has 2 aromatic heterocycles. The highest BCUT2D eigenvalue weighted by Gasteiger charge is 2.37.